The minimum atomic E-state index is -4.46. The van der Waals surface area contributed by atoms with Gasteiger partial charge in [-0.3, -0.25) is 9.48 Å². The first-order valence-corrected chi connectivity index (χ1v) is 8.27. The van der Waals surface area contributed by atoms with Gasteiger partial charge in [-0.05, 0) is 18.2 Å². The normalized spacial score (nSPS) is 11.7. The molecule has 6 nitrogen and oxygen atoms in total. The van der Waals surface area contributed by atoms with Gasteiger partial charge in [0.25, 0.3) is 5.91 Å². The zero-order valence-corrected chi connectivity index (χ0v) is 14.6. The highest BCUT2D eigenvalue weighted by Gasteiger charge is 2.33. The maximum Gasteiger partial charge on any atom is 0.417 e. The van der Waals surface area contributed by atoms with Crippen molar-refractivity contribution in [2.24, 2.45) is 7.05 Å². The Morgan fingerprint density at radius 2 is 1.96 bits per heavy atom. The number of alkyl halides is 3. The quantitative estimate of drug-likeness (QED) is 0.554. The molecule has 142 valence electrons. The van der Waals surface area contributed by atoms with Crippen molar-refractivity contribution in [3.63, 3.8) is 0 Å². The molecule has 0 aliphatic heterocycles. The van der Waals surface area contributed by atoms with Crippen molar-refractivity contribution in [2.45, 2.75) is 6.18 Å². The lowest BCUT2D eigenvalue weighted by Crippen LogP contribution is -2.16. The summed E-state index contributed by atoms with van der Waals surface area (Å²) in [4.78, 5) is 19.4. The van der Waals surface area contributed by atoms with E-state index in [1.165, 1.54) is 29.2 Å². The van der Waals surface area contributed by atoms with E-state index in [0.29, 0.717) is 22.3 Å². The lowest BCUT2D eigenvalue weighted by molar-refractivity contribution is -0.137. The van der Waals surface area contributed by atoms with E-state index in [0.717, 1.165) is 6.07 Å². The van der Waals surface area contributed by atoms with Crippen molar-refractivity contribution in [1.29, 1.82) is 0 Å². The van der Waals surface area contributed by atoms with Crippen LogP contribution in [0, 0.1) is 0 Å². The van der Waals surface area contributed by atoms with Crippen LogP contribution in [0.2, 0.25) is 0 Å². The number of nitrogens with zero attached hydrogens (tertiary/aromatic N) is 3. The Labute approximate surface area is 157 Å². The summed E-state index contributed by atoms with van der Waals surface area (Å²) in [7, 11) is 1.64. The van der Waals surface area contributed by atoms with Crippen molar-refractivity contribution in [1.82, 2.24) is 19.7 Å². The number of carbonyl (C=O) groups is 1. The second kappa shape index (κ2) is 6.52. The van der Waals surface area contributed by atoms with Crippen molar-refractivity contribution in [3.05, 3.63) is 66.1 Å². The predicted molar refractivity (Wildman–Crippen MR) is 97.7 cm³/mol. The number of carbonyl (C=O) groups excluding carboxylic acids is 1. The van der Waals surface area contributed by atoms with Gasteiger partial charge in [0.1, 0.15) is 11.5 Å². The summed E-state index contributed by atoms with van der Waals surface area (Å²) in [6.45, 7) is 0. The average molecular weight is 385 g/mol. The fraction of sp³-hybridized carbons (Fsp3) is 0.105. The fourth-order valence-electron chi connectivity index (χ4n) is 2.98. The molecule has 1 amide bonds. The molecule has 4 rings (SSSR count). The molecule has 0 radical (unpaired) electrons. The molecule has 28 heavy (non-hydrogen) atoms. The third-order valence-corrected chi connectivity index (χ3v) is 4.32. The van der Waals surface area contributed by atoms with Crippen LogP contribution in [-0.2, 0) is 13.2 Å². The van der Waals surface area contributed by atoms with Gasteiger partial charge in [-0.15, -0.1) is 0 Å². The molecule has 0 saturated carbocycles. The third kappa shape index (κ3) is 3.22. The first kappa shape index (κ1) is 17.8. The highest BCUT2D eigenvalue weighted by molar-refractivity contribution is 6.03. The molecule has 1 aromatic carbocycles. The van der Waals surface area contributed by atoms with Crippen molar-refractivity contribution in [2.75, 3.05) is 5.32 Å². The Hall–Kier alpha value is -3.62. The molecule has 0 saturated heterocycles. The van der Waals surface area contributed by atoms with Crippen LogP contribution >= 0.6 is 0 Å². The van der Waals surface area contributed by atoms with E-state index in [2.05, 4.69) is 20.4 Å². The standard InChI is InChI=1S/C19H14F3N5O/c1-27-16(6-7-24-27)18(28)26-17-9-14-11(10-23-17)8-15(25-14)12-4-2-3-5-13(12)19(20,21)22/h2-10,25H,1H3,(H,23,26,28). The number of fused-ring (bicyclic) bond motifs is 1. The number of hydrogen-bond donors (Lipinski definition) is 2. The van der Waals surface area contributed by atoms with E-state index in [-0.39, 0.29) is 17.3 Å². The lowest BCUT2D eigenvalue weighted by atomic mass is 10.0. The predicted octanol–water partition coefficient (Wildman–Crippen LogP) is 4.23. The van der Waals surface area contributed by atoms with Crippen LogP contribution in [0.25, 0.3) is 22.2 Å². The van der Waals surface area contributed by atoms with Gasteiger partial charge in [0.15, 0.2) is 0 Å². The van der Waals surface area contributed by atoms with Crippen LogP contribution in [0.15, 0.2) is 54.9 Å². The second-order valence-corrected chi connectivity index (χ2v) is 6.18. The molecule has 0 aliphatic carbocycles. The number of aromatic nitrogens is 4. The first-order chi connectivity index (χ1) is 13.3. The highest BCUT2D eigenvalue weighted by atomic mass is 19.4. The second-order valence-electron chi connectivity index (χ2n) is 6.18. The zero-order valence-electron chi connectivity index (χ0n) is 14.6. The average Bonchev–Trinajstić information content (AvgIpc) is 3.26. The molecule has 4 aromatic rings. The fourth-order valence-corrected chi connectivity index (χ4v) is 2.98. The van der Waals surface area contributed by atoms with Crippen molar-refractivity contribution >= 4 is 22.6 Å². The minimum absolute atomic E-state index is 0.0478. The van der Waals surface area contributed by atoms with Crippen molar-refractivity contribution < 1.29 is 18.0 Å². The van der Waals surface area contributed by atoms with Crippen molar-refractivity contribution in [3.8, 4) is 11.3 Å². The van der Waals surface area contributed by atoms with Crippen LogP contribution < -0.4 is 5.32 Å². The minimum Gasteiger partial charge on any atom is -0.354 e. The molecular formula is C19H14F3N5O. The number of amides is 1. The number of hydrogen-bond acceptors (Lipinski definition) is 3. The summed E-state index contributed by atoms with van der Waals surface area (Å²) in [5.74, 6) is -0.114. The number of pyridine rings is 1. The molecule has 3 heterocycles. The molecule has 9 heteroatoms. The summed E-state index contributed by atoms with van der Waals surface area (Å²) in [5, 5.41) is 7.21. The summed E-state index contributed by atoms with van der Waals surface area (Å²) in [5.41, 5.74) is 0.557. The van der Waals surface area contributed by atoms with E-state index in [1.54, 1.807) is 31.3 Å². The van der Waals surface area contributed by atoms with Crippen LogP contribution in [0.3, 0.4) is 0 Å². The maximum atomic E-state index is 13.3. The Bertz CT molecular complexity index is 1180. The summed E-state index contributed by atoms with van der Waals surface area (Å²) in [6, 6.07) is 10.1. The van der Waals surface area contributed by atoms with Crippen LogP contribution in [0.1, 0.15) is 16.1 Å². The summed E-state index contributed by atoms with van der Waals surface area (Å²) in [6.07, 6.45) is -1.47. The number of halogens is 3. The van der Waals surface area contributed by atoms with Gasteiger partial charge >= 0.3 is 6.18 Å². The number of aromatic amines is 1. The van der Waals surface area contributed by atoms with Gasteiger partial charge in [-0.2, -0.15) is 18.3 Å². The van der Waals surface area contributed by atoms with Gasteiger partial charge in [0.2, 0.25) is 0 Å². The number of nitrogens with one attached hydrogen (secondary N) is 2. The molecule has 0 atom stereocenters. The van der Waals surface area contributed by atoms with Gasteiger partial charge in [0.05, 0.1) is 11.1 Å². The molecule has 0 aliphatic rings. The Balaban J connectivity index is 1.68. The monoisotopic (exact) mass is 385 g/mol. The maximum absolute atomic E-state index is 13.3. The Morgan fingerprint density at radius 1 is 1.18 bits per heavy atom. The van der Waals surface area contributed by atoms with E-state index in [9.17, 15) is 18.0 Å². The first-order valence-electron chi connectivity index (χ1n) is 8.27. The molecule has 0 spiro atoms. The number of aryl methyl sites for hydroxylation is 1. The zero-order chi connectivity index (χ0) is 19.9. The summed E-state index contributed by atoms with van der Waals surface area (Å²) >= 11 is 0. The molecule has 2 N–H and O–H groups in total. The highest BCUT2D eigenvalue weighted by Crippen LogP contribution is 2.37. The molecule has 0 fully saturated rings. The van der Waals surface area contributed by atoms with Crippen LogP contribution in [0.4, 0.5) is 19.0 Å². The van der Waals surface area contributed by atoms with Gasteiger partial charge in [-0.25, -0.2) is 4.98 Å². The Morgan fingerprint density at radius 3 is 2.68 bits per heavy atom. The van der Waals surface area contributed by atoms with Gasteiger partial charge in [0, 0.05) is 42.2 Å². The van der Waals surface area contributed by atoms with Crippen LogP contribution in [0.5, 0.6) is 0 Å². The van der Waals surface area contributed by atoms with E-state index in [1.807, 2.05) is 0 Å². The molecular weight excluding hydrogens is 371 g/mol. The van der Waals surface area contributed by atoms with Crippen LogP contribution in [-0.4, -0.2) is 25.7 Å². The number of H-pyrrole nitrogens is 1. The largest absolute Gasteiger partial charge is 0.417 e. The Kier molecular flexibility index (Phi) is 4.14. The smallest absolute Gasteiger partial charge is 0.354 e. The van der Waals surface area contributed by atoms with E-state index < -0.39 is 11.7 Å². The number of anilines is 1. The number of benzene rings is 1. The molecule has 3 aromatic heterocycles. The third-order valence-electron chi connectivity index (χ3n) is 4.32. The SMILES string of the molecule is Cn1nccc1C(=O)Nc1cc2[nH]c(-c3ccccc3C(F)(F)F)cc2cn1. The molecule has 0 bridgehead atoms. The summed E-state index contributed by atoms with van der Waals surface area (Å²) < 4.78 is 41.3. The van der Waals surface area contributed by atoms with Gasteiger partial charge in [-0.1, -0.05) is 18.2 Å². The van der Waals surface area contributed by atoms with E-state index >= 15 is 0 Å². The topological polar surface area (TPSA) is 75.6 Å². The lowest BCUT2D eigenvalue weighted by Gasteiger charge is -2.11. The number of rotatable bonds is 3. The van der Waals surface area contributed by atoms with Gasteiger partial charge < -0.3 is 10.3 Å². The van der Waals surface area contributed by atoms with E-state index in [4.69, 9.17) is 0 Å². The molecule has 0 unspecified atom stereocenters.